The van der Waals surface area contributed by atoms with Crippen molar-refractivity contribution in [2.45, 2.75) is 25.9 Å². The van der Waals surface area contributed by atoms with Crippen LogP contribution in [-0.2, 0) is 0 Å². The number of rotatable bonds is 8. The van der Waals surface area contributed by atoms with E-state index in [1.807, 2.05) is 42.5 Å². The van der Waals surface area contributed by atoms with Gasteiger partial charge in [-0.3, -0.25) is 4.79 Å². The van der Waals surface area contributed by atoms with E-state index in [9.17, 15) is 9.90 Å². The van der Waals surface area contributed by atoms with E-state index in [2.05, 4.69) is 10.3 Å². The lowest BCUT2D eigenvalue weighted by molar-refractivity contribution is 0.0555. The van der Waals surface area contributed by atoms with Crippen LogP contribution in [0.15, 0.2) is 71.7 Å². The number of anilines is 2. The Bertz CT molecular complexity index is 1630. The van der Waals surface area contributed by atoms with Crippen molar-refractivity contribution < 1.29 is 14.6 Å². The third-order valence-corrected chi connectivity index (χ3v) is 5.71. The first kappa shape index (κ1) is 24.1. The standard InChI is InChI=1S/C27H26N6O4/c1-27(2,35)14-16-37-21-9-6-7-19-22(21)30-26(29-20-8-4-5-15-28-25(20)34)33-24(19)31-23(32-33)17-10-12-18(36-3)13-11-17/h4-13,15,35H,14,16H2,1-3H3,(H,28,29,30,34). The molecule has 0 bridgehead atoms. The fourth-order valence-corrected chi connectivity index (χ4v) is 3.74. The highest BCUT2D eigenvalue weighted by Crippen LogP contribution is 2.31. The Morgan fingerprint density at radius 3 is 2.59 bits per heavy atom. The maximum Gasteiger partial charge on any atom is 0.293 e. The minimum atomic E-state index is -0.862. The minimum Gasteiger partial charge on any atom is -0.497 e. The van der Waals surface area contributed by atoms with Gasteiger partial charge in [0.25, 0.3) is 5.56 Å². The molecule has 5 rings (SSSR count). The summed E-state index contributed by atoms with van der Waals surface area (Å²) in [6.45, 7) is 3.76. The molecule has 0 radical (unpaired) electrons. The van der Waals surface area contributed by atoms with E-state index in [0.29, 0.717) is 35.8 Å². The average Bonchev–Trinajstić information content (AvgIpc) is 3.23. The zero-order chi connectivity index (χ0) is 26.0. The Morgan fingerprint density at radius 1 is 1.03 bits per heavy atom. The third kappa shape index (κ3) is 5.19. The molecule has 0 aliphatic rings. The molecular formula is C27H26N6O4. The lowest BCUT2D eigenvalue weighted by Crippen LogP contribution is -2.21. The van der Waals surface area contributed by atoms with Crippen LogP contribution in [0.25, 0.3) is 27.9 Å². The summed E-state index contributed by atoms with van der Waals surface area (Å²) in [7, 11) is 1.61. The number of benzene rings is 2. The van der Waals surface area contributed by atoms with Crippen molar-refractivity contribution in [3.63, 3.8) is 0 Å². The van der Waals surface area contributed by atoms with Gasteiger partial charge in [-0.2, -0.15) is 4.52 Å². The highest BCUT2D eigenvalue weighted by molar-refractivity contribution is 5.96. The molecule has 2 N–H and O–H groups in total. The summed E-state index contributed by atoms with van der Waals surface area (Å²) in [6, 6.07) is 18.0. The van der Waals surface area contributed by atoms with Crippen molar-refractivity contribution in [2.75, 3.05) is 19.0 Å². The summed E-state index contributed by atoms with van der Waals surface area (Å²) < 4.78 is 12.8. The van der Waals surface area contributed by atoms with Gasteiger partial charge in [0.15, 0.2) is 11.5 Å². The van der Waals surface area contributed by atoms with Gasteiger partial charge >= 0.3 is 0 Å². The van der Waals surface area contributed by atoms with Crippen LogP contribution in [0.1, 0.15) is 20.3 Å². The van der Waals surface area contributed by atoms with Crippen molar-refractivity contribution in [1.29, 1.82) is 0 Å². The molecule has 0 fully saturated rings. The van der Waals surface area contributed by atoms with Crippen LogP contribution in [0.4, 0.5) is 11.6 Å². The number of hydrogen-bond donors (Lipinski definition) is 2. The smallest absolute Gasteiger partial charge is 0.293 e. The van der Waals surface area contributed by atoms with Gasteiger partial charge in [-0.15, -0.1) is 5.10 Å². The van der Waals surface area contributed by atoms with Gasteiger partial charge in [0.05, 0.1) is 19.3 Å². The second-order valence-electron chi connectivity index (χ2n) is 9.07. The average molecular weight is 499 g/mol. The molecule has 10 nitrogen and oxygen atoms in total. The van der Waals surface area contributed by atoms with E-state index in [4.69, 9.17) is 24.5 Å². The molecule has 188 valence electrons. The largest absolute Gasteiger partial charge is 0.497 e. The van der Waals surface area contributed by atoms with E-state index in [1.54, 1.807) is 43.7 Å². The van der Waals surface area contributed by atoms with Gasteiger partial charge in [-0.25, -0.2) is 15.0 Å². The molecule has 0 unspecified atom stereocenters. The number of ether oxygens (including phenoxy) is 2. The zero-order valence-electron chi connectivity index (χ0n) is 20.7. The van der Waals surface area contributed by atoms with Gasteiger partial charge < -0.3 is 19.9 Å². The summed E-state index contributed by atoms with van der Waals surface area (Å²) in [5.74, 6) is 2.01. The molecule has 0 amide bonds. The van der Waals surface area contributed by atoms with Gasteiger partial charge in [0, 0.05) is 23.6 Å². The van der Waals surface area contributed by atoms with Gasteiger partial charge in [-0.1, -0.05) is 12.1 Å². The number of aromatic nitrogens is 5. The van der Waals surface area contributed by atoms with E-state index in [0.717, 1.165) is 16.7 Å². The molecule has 0 aliphatic carbocycles. The number of para-hydroxylation sites is 1. The second kappa shape index (κ2) is 9.82. The molecule has 3 heterocycles. The van der Waals surface area contributed by atoms with Crippen LogP contribution < -0.4 is 20.3 Å². The molecule has 5 aromatic rings. The molecule has 0 atom stereocenters. The summed E-state index contributed by atoms with van der Waals surface area (Å²) in [6.07, 6.45) is 1.87. The van der Waals surface area contributed by atoms with Gasteiger partial charge in [0.1, 0.15) is 22.7 Å². The first-order valence-corrected chi connectivity index (χ1v) is 11.7. The zero-order valence-corrected chi connectivity index (χ0v) is 20.7. The Labute approximate surface area is 212 Å². The lowest BCUT2D eigenvalue weighted by atomic mass is 10.1. The van der Waals surface area contributed by atoms with Crippen LogP contribution in [-0.4, -0.2) is 49.0 Å². The quantitative estimate of drug-likeness (QED) is 0.327. The maximum absolute atomic E-state index is 12.5. The van der Waals surface area contributed by atoms with E-state index in [1.165, 1.54) is 6.20 Å². The fraction of sp³-hybridized carbons (Fsp3) is 0.222. The predicted octanol–water partition coefficient (Wildman–Crippen LogP) is 3.99. The minimum absolute atomic E-state index is 0.236. The number of nitrogens with one attached hydrogen (secondary N) is 1. The second-order valence-corrected chi connectivity index (χ2v) is 9.07. The van der Waals surface area contributed by atoms with E-state index in [-0.39, 0.29) is 11.6 Å². The molecule has 0 saturated heterocycles. The van der Waals surface area contributed by atoms with Crippen molar-refractivity contribution in [2.24, 2.45) is 0 Å². The Balaban J connectivity index is 1.67. The molecule has 0 spiro atoms. The molecule has 10 heteroatoms. The Morgan fingerprint density at radius 2 is 1.84 bits per heavy atom. The number of aliphatic hydroxyl groups is 1. The van der Waals surface area contributed by atoms with Crippen LogP contribution in [0.3, 0.4) is 0 Å². The summed E-state index contributed by atoms with van der Waals surface area (Å²) in [4.78, 5) is 26.0. The van der Waals surface area contributed by atoms with Gasteiger partial charge in [-0.05, 0) is 62.4 Å². The predicted molar refractivity (Wildman–Crippen MR) is 140 cm³/mol. The summed E-state index contributed by atoms with van der Waals surface area (Å²) in [5, 5.41) is 18.6. The van der Waals surface area contributed by atoms with Crippen LogP contribution in [0, 0.1) is 0 Å². The van der Waals surface area contributed by atoms with E-state index >= 15 is 0 Å². The third-order valence-electron chi connectivity index (χ3n) is 5.71. The monoisotopic (exact) mass is 498 g/mol. The first-order chi connectivity index (χ1) is 17.8. The van der Waals surface area contributed by atoms with Crippen LogP contribution in [0.2, 0.25) is 0 Å². The van der Waals surface area contributed by atoms with Crippen molar-refractivity contribution in [3.8, 4) is 22.9 Å². The van der Waals surface area contributed by atoms with Gasteiger partial charge in [0.2, 0.25) is 5.95 Å². The lowest BCUT2D eigenvalue weighted by Gasteiger charge is -2.17. The first-order valence-electron chi connectivity index (χ1n) is 11.7. The normalized spacial score (nSPS) is 11.6. The van der Waals surface area contributed by atoms with Crippen molar-refractivity contribution in [1.82, 2.24) is 24.6 Å². The van der Waals surface area contributed by atoms with Crippen LogP contribution >= 0.6 is 0 Å². The maximum atomic E-state index is 12.5. The number of hydrogen-bond acceptors (Lipinski definition) is 9. The highest BCUT2D eigenvalue weighted by atomic mass is 16.5. The number of fused-ring (bicyclic) bond motifs is 3. The molecule has 0 saturated carbocycles. The molecule has 0 aliphatic heterocycles. The molecular weight excluding hydrogens is 472 g/mol. The molecule has 37 heavy (non-hydrogen) atoms. The Kier molecular flexibility index (Phi) is 6.41. The fourth-order valence-electron chi connectivity index (χ4n) is 3.74. The number of nitrogens with zero attached hydrogens (tertiary/aromatic N) is 5. The molecule has 3 aromatic heterocycles. The summed E-state index contributed by atoms with van der Waals surface area (Å²) >= 11 is 0. The SMILES string of the molecule is COc1ccc(-c2nc3c4cccc(OCCC(C)(C)O)c4nc(Nc4ccccnc4=O)n3n2)cc1. The molecule has 2 aromatic carbocycles. The topological polar surface area (TPSA) is 124 Å². The summed E-state index contributed by atoms with van der Waals surface area (Å²) in [5.41, 5.74) is 0.803. The Hall–Kier alpha value is -4.57. The van der Waals surface area contributed by atoms with Crippen molar-refractivity contribution >= 4 is 28.2 Å². The van der Waals surface area contributed by atoms with Crippen molar-refractivity contribution in [3.05, 3.63) is 77.2 Å². The van der Waals surface area contributed by atoms with E-state index < -0.39 is 11.2 Å². The highest BCUT2D eigenvalue weighted by Gasteiger charge is 2.19. The van der Waals surface area contributed by atoms with Crippen LogP contribution in [0.5, 0.6) is 11.5 Å². The number of methoxy groups -OCH3 is 1.